The van der Waals surface area contributed by atoms with Crippen LogP contribution in [0.4, 0.5) is 0 Å². The number of aliphatic carboxylic acids is 1. The van der Waals surface area contributed by atoms with Crippen molar-refractivity contribution in [3.05, 3.63) is 65.9 Å². The van der Waals surface area contributed by atoms with Crippen molar-refractivity contribution in [1.29, 1.82) is 0 Å². The van der Waals surface area contributed by atoms with Crippen LogP contribution in [0.5, 0.6) is 5.75 Å². The molecule has 9 N–H and O–H groups in total. The highest BCUT2D eigenvalue weighted by atomic mass is 16.4. The first-order valence-electron chi connectivity index (χ1n) is 14.2. The molecule has 44 heavy (non-hydrogen) atoms. The molecule has 1 heterocycles. The number of benzene rings is 2. The van der Waals surface area contributed by atoms with Crippen LogP contribution < -0.4 is 22.1 Å². The number of phenolic OH excluding ortho intramolecular Hbond substituents is 1. The zero-order valence-electron chi connectivity index (χ0n) is 25.6. The SMILES string of the molecule is CCCC.CN(CC(=O)N[C@@H](CC(=O)O)C(=O)NCC(N)=O)C(=O)[C@@H](N)Cc1c[nH]c2ccccc12.Cc1ccc(O)cc1. The van der Waals surface area contributed by atoms with Gasteiger partial charge >= 0.3 is 5.97 Å². The summed E-state index contributed by atoms with van der Waals surface area (Å²) in [6.07, 6.45) is 3.94. The Morgan fingerprint density at radius 1 is 1.00 bits per heavy atom. The molecule has 2 aromatic carbocycles. The number of phenols is 1. The summed E-state index contributed by atoms with van der Waals surface area (Å²) in [6.45, 7) is 5.39. The van der Waals surface area contributed by atoms with E-state index in [1.165, 1.54) is 25.5 Å². The largest absolute Gasteiger partial charge is 0.508 e. The predicted octanol–water partition coefficient (Wildman–Crippen LogP) is 1.56. The molecule has 0 saturated carbocycles. The second-order valence-electron chi connectivity index (χ2n) is 10.1. The van der Waals surface area contributed by atoms with Gasteiger partial charge in [0.2, 0.25) is 23.6 Å². The number of carboxylic acids is 1. The normalized spacial score (nSPS) is 11.5. The van der Waals surface area contributed by atoms with Crippen molar-refractivity contribution in [2.75, 3.05) is 20.1 Å². The highest BCUT2D eigenvalue weighted by Gasteiger charge is 2.26. The summed E-state index contributed by atoms with van der Waals surface area (Å²) in [5.41, 5.74) is 13.9. The second kappa shape index (κ2) is 19.3. The van der Waals surface area contributed by atoms with Gasteiger partial charge in [0.05, 0.1) is 25.6 Å². The van der Waals surface area contributed by atoms with Crippen LogP contribution >= 0.6 is 0 Å². The molecule has 0 aliphatic rings. The summed E-state index contributed by atoms with van der Waals surface area (Å²) in [4.78, 5) is 62.9. The standard InChI is InChI=1S/C20H26N6O6.C7H8O.C4H10/c1-26(10-17(28)25-15(7-18(29)30)19(31)24-9-16(22)27)20(32)13(21)6-11-8-23-14-5-3-2-4-12(11)14;1-6-2-4-7(8)5-3-6;1-3-4-2/h2-5,8,13,15,23H,6-7,9-10,21H2,1H3,(H2,22,27)(H,24,31)(H,25,28)(H,29,30);2-5,8H,1H3;3-4H2,1-2H3/t13-,15-;;/m0../s1. The minimum absolute atomic E-state index is 0.242. The predicted molar refractivity (Wildman–Crippen MR) is 167 cm³/mol. The third-order valence-electron chi connectivity index (χ3n) is 6.19. The highest BCUT2D eigenvalue weighted by Crippen LogP contribution is 2.19. The molecule has 13 nitrogen and oxygen atoms in total. The van der Waals surface area contributed by atoms with Crippen molar-refractivity contribution in [2.45, 2.75) is 58.5 Å². The number of H-pyrrole nitrogens is 1. The number of aryl methyl sites for hydroxylation is 1. The first kappa shape index (κ1) is 37.1. The number of aromatic nitrogens is 1. The molecule has 3 rings (SSSR count). The molecule has 0 spiro atoms. The number of hydrogen-bond acceptors (Lipinski definition) is 7. The van der Waals surface area contributed by atoms with Crippen molar-refractivity contribution in [1.82, 2.24) is 20.5 Å². The molecule has 3 aromatic rings. The number of carboxylic acid groups (broad SMARTS) is 1. The van der Waals surface area contributed by atoms with Gasteiger partial charge in [-0.3, -0.25) is 24.0 Å². The number of nitrogens with two attached hydrogens (primary N) is 2. The number of aromatic amines is 1. The molecule has 1 aromatic heterocycles. The fraction of sp³-hybridized carbons (Fsp3) is 0.387. The van der Waals surface area contributed by atoms with Crippen LogP contribution in [0.15, 0.2) is 54.7 Å². The van der Waals surface area contributed by atoms with E-state index in [9.17, 15) is 24.0 Å². The molecule has 0 radical (unpaired) electrons. The number of carbonyl (C=O) groups excluding carboxylic acids is 4. The quantitative estimate of drug-likeness (QED) is 0.159. The van der Waals surface area contributed by atoms with Crippen LogP contribution in [0.3, 0.4) is 0 Å². The van der Waals surface area contributed by atoms with E-state index in [1.807, 2.05) is 43.3 Å². The third kappa shape index (κ3) is 13.8. The maximum atomic E-state index is 12.6. The Labute approximate surface area is 257 Å². The lowest BCUT2D eigenvalue weighted by Crippen LogP contribution is -2.52. The van der Waals surface area contributed by atoms with Crippen molar-refractivity contribution in [3.63, 3.8) is 0 Å². The number of fused-ring (bicyclic) bond motifs is 1. The molecule has 4 amide bonds. The number of aromatic hydroxyl groups is 1. The molecule has 2 atom stereocenters. The Morgan fingerprint density at radius 3 is 2.16 bits per heavy atom. The molecule has 0 fully saturated rings. The molecule has 0 bridgehead atoms. The maximum Gasteiger partial charge on any atom is 0.305 e. The number of nitrogens with one attached hydrogen (secondary N) is 3. The van der Waals surface area contributed by atoms with E-state index in [0.29, 0.717) is 5.75 Å². The lowest BCUT2D eigenvalue weighted by atomic mass is 10.0. The number of hydrogen-bond donors (Lipinski definition) is 7. The summed E-state index contributed by atoms with van der Waals surface area (Å²) in [6, 6.07) is 12.3. The van der Waals surface area contributed by atoms with E-state index >= 15 is 0 Å². The number of likely N-dealkylation sites (N-methyl/N-ethyl adjacent to an activating group) is 1. The monoisotopic (exact) mass is 612 g/mol. The molecular formula is C31H44N6O7. The van der Waals surface area contributed by atoms with E-state index < -0.39 is 61.2 Å². The van der Waals surface area contributed by atoms with E-state index in [0.717, 1.165) is 21.4 Å². The van der Waals surface area contributed by atoms with Crippen LogP contribution in [-0.4, -0.2) is 81.9 Å². The summed E-state index contributed by atoms with van der Waals surface area (Å²) >= 11 is 0. The van der Waals surface area contributed by atoms with Gasteiger partial charge in [0.25, 0.3) is 0 Å². The second-order valence-corrected chi connectivity index (χ2v) is 10.1. The number of nitrogens with zero attached hydrogens (tertiary/aromatic N) is 1. The lowest BCUT2D eigenvalue weighted by molar-refractivity contribution is -0.141. The first-order chi connectivity index (χ1) is 20.8. The smallest absolute Gasteiger partial charge is 0.305 e. The fourth-order valence-electron chi connectivity index (χ4n) is 3.67. The van der Waals surface area contributed by atoms with Gasteiger partial charge in [-0.1, -0.05) is 62.6 Å². The molecule has 240 valence electrons. The van der Waals surface area contributed by atoms with E-state index in [4.69, 9.17) is 21.7 Å². The number of para-hydroxylation sites is 1. The van der Waals surface area contributed by atoms with Crippen molar-refractivity contribution < 1.29 is 34.2 Å². The van der Waals surface area contributed by atoms with Gasteiger partial charge in [0.1, 0.15) is 11.8 Å². The molecular weight excluding hydrogens is 568 g/mol. The van der Waals surface area contributed by atoms with E-state index in [-0.39, 0.29) is 6.42 Å². The minimum atomic E-state index is -1.44. The average molecular weight is 613 g/mol. The Hall–Kier alpha value is -4.91. The zero-order valence-corrected chi connectivity index (χ0v) is 25.6. The average Bonchev–Trinajstić information content (AvgIpc) is 3.39. The number of primary amides is 1. The van der Waals surface area contributed by atoms with Crippen molar-refractivity contribution in [3.8, 4) is 5.75 Å². The van der Waals surface area contributed by atoms with Gasteiger partial charge in [-0.05, 0) is 37.1 Å². The molecule has 0 saturated heterocycles. The Morgan fingerprint density at radius 2 is 1.61 bits per heavy atom. The highest BCUT2D eigenvalue weighted by molar-refractivity contribution is 5.94. The number of carbonyl (C=O) groups is 5. The van der Waals surface area contributed by atoms with Crippen LogP contribution in [0.2, 0.25) is 0 Å². The van der Waals surface area contributed by atoms with E-state index in [2.05, 4.69) is 29.5 Å². The van der Waals surface area contributed by atoms with Crippen molar-refractivity contribution in [2.24, 2.45) is 11.5 Å². The van der Waals surface area contributed by atoms with Crippen LogP contribution in [0.25, 0.3) is 10.9 Å². The zero-order chi connectivity index (χ0) is 33.2. The summed E-state index contributed by atoms with van der Waals surface area (Å²) in [5.74, 6) is -3.98. The summed E-state index contributed by atoms with van der Waals surface area (Å²) in [7, 11) is 1.37. The molecule has 0 aliphatic carbocycles. The molecule has 0 unspecified atom stereocenters. The molecule has 13 heteroatoms. The van der Waals surface area contributed by atoms with Gasteiger partial charge in [-0.2, -0.15) is 0 Å². The van der Waals surface area contributed by atoms with Crippen LogP contribution in [0, 0.1) is 6.92 Å². The number of amides is 4. The topological polar surface area (TPSA) is 221 Å². The summed E-state index contributed by atoms with van der Waals surface area (Å²) in [5, 5.41) is 23.0. The van der Waals surface area contributed by atoms with Gasteiger partial charge < -0.3 is 42.2 Å². The molecule has 0 aliphatic heterocycles. The Balaban J connectivity index is 0.000000670. The Kier molecular flexibility index (Phi) is 16.3. The van der Waals surface area contributed by atoms with E-state index in [1.54, 1.807) is 18.3 Å². The summed E-state index contributed by atoms with van der Waals surface area (Å²) < 4.78 is 0. The third-order valence-corrected chi connectivity index (χ3v) is 6.19. The number of rotatable bonds is 12. The first-order valence-corrected chi connectivity index (χ1v) is 14.2. The Bertz CT molecular complexity index is 1350. The van der Waals surface area contributed by atoms with Gasteiger partial charge in [-0.25, -0.2) is 0 Å². The van der Waals surface area contributed by atoms with Gasteiger partial charge in [0.15, 0.2) is 0 Å². The fourth-order valence-corrected chi connectivity index (χ4v) is 3.67. The number of unbranched alkanes of at least 4 members (excludes halogenated alkanes) is 1. The van der Waals surface area contributed by atoms with Crippen molar-refractivity contribution >= 4 is 40.5 Å². The van der Waals surface area contributed by atoms with Crippen LogP contribution in [0.1, 0.15) is 44.2 Å². The lowest BCUT2D eigenvalue weighted by Gasteiger charge is -2.22. The van der Waals surface area contributed by atoms with Crippen LogP contribution in [-0.2, 0) is 30.4 Å². The minimum Gasteiger partial charge on any atom is -0.508 e. The van der Waals surface area contributed by atoms with Gasteiger partial charge in [0, 0.05) is 24.1 Å². The van der Waals surface area contributed by atoms with Gasteiger partial charge in [-0.15, -0.1) is 0 Å². The maximum absolute atomic E-state index is 12.6.